The molecule has 0 bridgehead atoms. The standard InChI is InChI=1S/C17H18OS/c1-12-8-6-9-15(14(12)3)16(18)11-19-17-10-5-4-7-13(17)2/h4-10H,11H2,1-3H3. The second-order valence-corrected chi connectivity index (χ2v) is 5.74. The van der Waals surface area contributed by atoms with E-state index in [9.17, 15) is 4.79 Å². The zero-order valence-electron chi connectivity index (χ0n) is 11.6. The van der Waals surface area contributed by atoms with E-state index in [4.69, 9.17) is 0 Å². The summed E-state index contributed by atoms with van der Waals surface area (Å²) in [5, 5.41) is 0. The molecule has 0 fully saturated rings. The summed E-state index contributed by atoms with van der Waals surface area (Å²) in [4.78, 5) is 13.5. The highest BCUT2D eigenvalue weighted by Gasteiger charge is 2.11. The third-order valence-corrected chi connectivity index (χ3v) is 4.53. The van der Waals surface area contributed by atoms with Gasteiger partial charge in [-0.3, -0.25) is 4.79 Å². The number of hydrogen-bond acceptors (Lipinski definition) is 2. The van der Waals surface area contributed by atoms with Crippen LogP contribution in [0.2, 0.25) is 0 Å². The Labute approximate surface area is 119 Å². The average Bonchev–Trinajstić information content (AvgIpc) is 2.40. The summed E-state index contributed by atoms with van der Waals surface area (Å²) in [6.07, 6.45) is 0. The first-order chi connectivity index (χ1) is 9.09. The second kappa shape index (κ2) is 6.07. The SMILES string of the molecule is Cc1ccccc1SCC(=O)c1cccc(C)c1C. The number of ketones is 1. The molecule has 2 rings (SSSR count). The van der Waals surface area contributed by atoms with E-state index in [1.807, 2.05) is 44.2 Å². The van der Waals surface area contributed by atoms with E-state index in [1.54, 1.807) is 11.8 Å². The average molecular weight is 270 g/mol. The summed E-state index contributed by atoms with van der Waals surface area (Å²) in [7, 11) is 0. The third kappa shape index (κ3) is 3.27. The molecule has 0 amide bonds. The molecule has 1 nitrogen and oxygen atoms in total. The first-order valence-corrected chi connectivity index (χ1v) is 7.36. The number of thioether (sulfide) groups is 1. The molecule has 0 unspecified atom stereocenters. The van der Waals surface area contributed by atoms with Crippen molar-refractivity contribution >= 4 is 17.5 Å². The number of rotatable bonds is 4. The fourth-order valence-electron chi connectivity index (χ4n) is 1.99. The second-order valence-electron chi connectivity index (χ2n) is 4.72. The molecule has 0 N–H and O–H groups in total. The molecular formula is C17H18OS. The lowest BCUT2D eigenvalue weighted by Gasteiger charge is -2.08. The van der Waals surface area contributed by atoms with Gasteiger partial charge in [0.1, 0.15) is 0 Å². The van der Waals surface area contributed by atoms with Crippen molar-refractivity contribution < 1.29 is 4.79 Å². The maximum Gasteiger partial charge on any atom is 0.173 e. The number of Topliss-reactive ketones (excluding diaryl/α,β-unsaturated/α-hetero) is 1. The molecule has 2 aromatic rings. The molecule has 0 radical (unpaired) electrons. The van der Waals surface area contributed by atoms with Gasteiger partial charge in [-0.1, -0.05) is 36.4 Å². The summed E-state index contributed by atoms with van der Waals surface area (Å²) in [5.41, 5.74) is 4.34. The molecule has 98 valence electrons. The van der Waals surface area contributed by atoms with Gasteiger partial charge in [-0.25, -0.2) is 0 Å². The number of benzene rings is 2. The van der Waals surface area contributed by atoms with Crippen molar-refractivity contribution in [3.05, 3.63) is 64.7 Å². The van der Waals surface area contributed by atoms with Gasteiger partial charge in [0.15, 0.2) is 5.78 Å². The molecule has 0 spiro atoms. The molecule has 2 heteroatoms. The monoisotopic (exact) mass is 270 g/mol. The Bertz CT molecular complexity index is 602. The van der Waals surface area contributed by atoms with Crippen LogP contribution in [0.15, 0.2) is 47.4 Å². The van der Waals surface area contributed by atoms with Crippen molar-refractivity contribution in [2.24, 2.45) is 0 Å². The summed E-state index contributed by atoms with van der Waals surface area (Å²) < 4.78 is 0. The molecule has 0 saturated carbocycles. The van der Waals surface area contributed by atoms with Crippen LogP contribution in [-0.2, 0) is 0 Å². The molecule has 2 aromatic carbocycles. The number of carbonyl (C=O) groups excluding carboxylic acids is 1. The molecule has 0 saturated heterocycles. The van der Waals surface area contributed by atoms with Crippen molar-refractivity contribution in [2.75, 3.05) is 5.75 Å². The van der Waals surface area contributed by atoms with Crippen LogP contribution in [-0.4, -0.2) is 11.5 Å². The van der Waals surface area contributed by atoms with E-state index in [0.717, 1.165) is 11.1 Å². The molecule has 0 heterocycles. The van der Waals surface area contributed by atoms with Crippen molar-refractivity contribution in [3.8, 4) is 0 Å². The van der Waals surface area contributed by atoms with Gasteiger partial charge in [0.25, 0.3) is 0 Å². The van der Waals surface area contributed by atoms with Gasteiger partial charge in [-0.15, -0.1) is 11.8 Å². The first-order valence-electron chi connectivity index (χ1n) is 6.37. The fourth-order valence-corrected chi connectivity index (χ4v) is 2.91. The number of carbonyl (C=O) groups is 1. The molecule has 0 aliphatic heterocycles. The van der Waals surface area contributed by atoms with E-state index < -0.39 is 0 Å². The molecule has 0 aliphatic rings. The minimum Gasteiger partial charge on any atom is -0.293 e. The lowest BCUT2D eigenvalue weighted by molar-refractivity contribution is 0.102. The van der Waals surface area contributed by atoms with Gasteiger partial charge in [0.05, 0.1) is 5.75 Å². The highest BCUT2D eigenvalue weighted by atomic mass is 32.2. The molecule has 0 aliphatic carbocycles. The predicted octanol–water partition coefficient (Wildman–Crippen LogP) is 4.59. The lowest BCUT2D eigenvalue weighted by Crippen LogP contribution is -2.05. The Balaban J connectivity index is 2.10. The largest absolute Gasteiger partial charge is 0.293 e. The zero-order chi connectivity index (χ0) is 13.8. The van der Waals surface area contributed by atoms with Crippen LogP contribution >= 0.6 is 11.8 Å². The number of hydrogen-bond donors (Lipinski definition) is 0. The molecule has 19 heavy (non-hydrogen) atoms. The fraction of sp³-hybridized carbons (Fsp3) is 0.235. The molecular weight excluding hydrogens is 252 g/mol. The summed E-state index contributed by atoms with van der Waals surface area (Å²) in [5.74, 6) is 0.698. The minimum atomic E-state index is 0.203. The topological polar surface area (TPSA) is 17.1 Å². The van der Waals surface area contributed by atoms with Crippen LogP contribution in [0, 0.1) is 20.8 Å². The molecule has 0 aromatic heterocycles. The van der Waals surface area contributed by atoms with Gasteiger partial charge in [0, 0.05) is 10.5 Å². The predicted molar refractivity (Wildman–Crippen MR) is 82.1 cm³/mol. The van der Waals surface area contributed by atoms with E-state index in [1.165, 1.54) is 16.0 Å². The summed E-state index contributed by atoms with van der Waals surface area (Å²) in [6.45, 7) is 6.13. The Morgan fingerprint density at radius 2 is 1.63 bits per heavy atom. The van der Waals surface area contributed by atoms with E-state index in [-0.39, 0.29) is 5.78 Å². The maximum atomic E-state index is 12.3. The van der Waals surface area contributed by atoms with Gasteiger partial charge in [0.2, 0.25) is 0 Å². The van der Waals surface area contributed by atoms with Crippen LogP contribution in [0.25, 0.3) is 0 Å². The Morgan fingerprint density at radius 1 is 0.947 bits per heavy atom. The molecule has 0 atom stereocenters. The summed E-state index contributed by atoms with van der Waals surface area (Å²) >= 11 is 1.62. The third-order valence-electron chi connectivity index (χ3n) is 3.36. The quantitative estimate of drug-likeness (QED) is 0.597. The maximum absolute atomic E-state index is 12.3. The highest BCUT2D eigenvalue weighted by molar-refractivity contribution is 8.00. The van der Waals surface area contributed by atoms with E-state index >= 15 is 0 Å². The smallest absolute Gasteiger partial charge is 0.173 e. The Morgan fingerprint density at radius 3 is 2.37 bits per heavy atom. The van der Waals surface area contributed by atoms with Crippen molar-refractivity contribution in [3.63, 3.8) is 0 Å². The lowest BCUT2D eigenvalue weighted by atomic mass is 10.0. The first kappa shape index (κ1) is 13.9. The minimum absolute atomic E-state index is 0.203. The van der Waals surface area contributed by atoms with Crippen LogP contribution < -0.4 is 0 Å². The van der Waals surface area contributed by atoms with E-state index in [2.05, 4.69) is 19.1 Å². The number of aryl methyl sites for hydroxylation is 2. The van der Waals surface area contributed by atoms with Gasteiger partial charge in [-0.2, -0.15) is 0 Å². The van der Waals surface area contributed by atoms with Crippen LogP contribution in [0.5, 0.6) is 0 Å². The van der Waals surface area contributed by atoms with Crippen LogP contribution in [0.4, 0.5) is 0 Å². The van der Waals surface area contributed by atoms with Crippen molar-refractivity contribution in [1.82, 2.24) is 0 Å². The zero-order valence-corrected chi connectivity index (χ0v) is 12.4. The van der Waals surface area contributed by atoms with E-state index in [0.29, 0.717) is 5.75 Å². The normalized spacial score (nSPS) is 10.5. The van der Waals surface area contributed by atoms with Crippen LogP contribution in [0.1, 0.15) is 27.0 Å². The van der Waals surface area contributed by atoms with Crippen molar-refractivity contribution in [1.29, 1.82) is 0 Å². The Kier molecular flexibility index (Phi) is 4.43. The van der Waals surface area contributed by atoms with Crippen LogP contribution in [0.3, 0.4) is 0 Å². The Hall–Kier alpha value is -1.54. The van der Waals surface area contributed by atoms with Gasteiger partial charge >= 0.3 is 0 Å². The van der Waals surface area contributed by atoms with Gasteiger partial charge in [-0.05, 0) is 43.5 Å². The van der Waals surface area contributed by atoms with Crippen molar-refractivity contribution in [2.45, 2.75) is 25.7 Å². The summed E-state index contributed by atoms with van der Waals surface area (Å²) in [6, 6.07) is 14.1. The highest BCUT2D eigenvalue weighted by Crippen LogP contribution is 2.23. The van der Waals surface area contributed by atoms with Gasteiger partial charge < -0.3 is 0 Å².